The fraction of sp³-hybridized carbons (Fsp3) is 0.500. The van der Waals surface area contributed by atoms with Crippen molar-refractivity contribution in [2.24, 2.45) is 5.73 Å². The monoisotopic (exact) mass is 242 g/mol. The zero-order chi connectivity index (χ0) is 10.7. The van der Waals surface area contributed by atoms with Crippen molar-refractivity contribution in [3.05, 3.63) is 35.9 Å². The van der Waals surface area contributed by atoms with Gasteiger partial charge < -0.3 is 10.8 Å². The number of nitrogens with zero attached hydrogens (tertiary/aromatic N) is 1. The van der Waals surface area contributed by atoms with Crippen LogP contribution in [0.15, 0.2) is 30.3 Å². The van der Waals surface area contributed by atoms with Gasteiger partial charge in [0.05, 0.1) is 12.3 Å². The van der Waals surface area contributed by atoms with Crippen LogP contribution in [0.1, 0.15) is 18.4 Å². The largest absolute Gasteiger partial charge is 0.390 e. The second-order valence-corrected chi connectivity index (χ2v) is 4.16. The van der Waals surface area contributed by atoms with Gasteiger partial charge in [-0.3, -0.25) is 4.90 Å². The normalized spacial score (nSPS) is 26.1. The van der Waals surface area contributed by atoms with Crippen molar-refractivity contribution in [1.82, 2.24) is 4.90 Å². The van der Waals surface area contributed by atoms with Crippen LogP contribution in [0.3, 0.4) is 0 Å². The van der Waals surface area contributed by atoms with Crippen molar-refractivity contribution < 1.29 is 5.11 Å². The Morgan fingerprint density at radius 3 is 2.69 bits per heavy atom. The first kappa shape index (κ1) is 13.5. The number of rotatable bonds is 2. The molecular formula is C12H19ClN2O. The third-order valence-corrected chi connectivity index (χ3v) is 2.99. The van der Waals surface area contributed by atoms with Gasteiger partial charge in [0, 0.05) is 13.1 Å². The molecular weight excluding hydrogens is 224 g/mol. The van der Waals surface area contributed by atoms with Gasteiger partial charge in [-0.1, -0.05) is 30.3 Å². The smallest absolute Gasteiger partial charge is 0.0842 e. The Morgan fingerprint density at radius 2 is 2.00 bits per heavy atom. The molecule has 0 radical (unpaired) electrons. The molecule has 1 saturated heterocycles. The molecule has 1 aliphatic rings. The Kier molecular flexibility index (Phi) is 5.22. The van der Waals surface area contributed by atoms with Gasteiger partial charge in [0.25, 0.3) is 0 Å². The molecule has 3 nitrogen and oxygen atoms in total. The first-order valence-corrected chi connectivity index (χ1v) is 5.49. The molecule has 16 heavy (non-hydrogen) atoms. The van der Waals surface area contributed by atoms with Crippen LogP contribution in [0.2, 0.25) is 0 Å². The molecule has 2 unspecified atom stereocenters. The highest BCUT2D eigenvalue weighted by Gasteiger charge is 2.26. The first-order chi connectivity index (χ1) is 7.27. The fourth-order valence-corrected chi connectivity index (χ4v) is 2.07. The average Bonchev–Trinajstić information content (AvgIpc) is 2.26. The minimum Gasteiger partial charge on any atom is -0.390 e. The predicted octanol–water partition coefficient (Wildman–Crippen LogP) is 1.35. The van der Waals surface area contributed by atoms with Gasteiger partial charge in [-0.2, -0.15) is 0 Å². The standard InChI is InChI=1S/C12H18N2O.ClH/c13-12-11(15)7-4-8-14(12)9-10-5-2-1-3-6-10;/h1-3,5-6,11-12,15H,4,7-9,13H2;1H. The number of halogens is 1. The van der Waals surface area contributed by atoms with Crippen LogP contribution in [0, 0.1) is 0 Å². The quantitative estimate of drug-likeness (QED) is 0.823. The number of nitrogens with two attached hydrogens (primary N) is 1. The second-order valence-electron chi connectivity index (χ2n) is 4.16. The molecule has 1 aromatic carbocycles. The second kappa shape index (κ2) is 6.21. The van der Waals surface area contributed by atoms with Crippen molar-refractivity contribution in [3.63, 3.8) is 0 Å². The average molecular weight is 243 g/mol. The molecule has 0 amide bonds. The summed E-state index contributed by atoms with van der Waals surface area (Å²) in [7, 11) is 0. The van der Waals surface area contributed by atoms with Crippen molar-refractivity contribution in [2.45, 2.75) is 31.7 Å². The zero-order valence-electron chi connectivity index (χ0n) is 9.25. The van der Waals surface area contributed by atoms with Crippen molar-refractivity contribution in [3.8, 4) is 0 Å². The Hall–Kier alpha value is -0.610. The Labute approximate surface area is 103 Å². The third kappa shape index (κ3) is 3.19. The molecule has 0 spiro atoms. The minimum absolute atomic E-state index is 0. The molecule has 1 heterocycles. The van der Waals surface area contributed by atoms with Gasteiger partial charge in [-0.25, -0.2) is 0 Å². The highest BCUT2D eigenvalue weighted by atomic mass is 35.5. The summed E-state index contributed by atoms with van der Waals surface area (Å²) in [5, 5.41) is 9.66. The van der Waals surface area contributed by atoms with Gasteiger partial charge in [0.1, 0.15) is 0 Å². The van der Waals surface area contributed by atoms with E-state index in [2.05, 4.69) is 17.0 Å². The van der Waals surface area contributed by atoms with Crippen LogP contribution in [0.5, 0.6) is 0 Å². The number of aliphatic hydroxyl groups excluding tert-OH is 1. The van der Waals surface area contributed by atoms with Gasteiger partial charge in [-0.15, -0.1) is 12.4 Å². The van der Waals surface area contributed by atoms with Gasteiger partial charge >= 0.3 is 0 Å². The SMILES string of the molecule is Cl.NC1C(O)CCCN1Cc1ccccc1. The summed E-state index contributed by atoms with van der Waals surface area (Å²) in [6, 6.07) is 10.2. The van der Waals surface area contributed by atoms with Crippen LogP contribution < -0.4 is 5.73 Å². The maximum Gasteiger partial charge on any atom is 0.0842 e. The lowest BCUT2D eigenvalue weighted by atomic mass is 10.0. The molecule has 0 aromatic heterocycles. The van der Waals surface area contributed by atoms with E-state index in [9.17, 15) is 5.11 Å². The van der Waals surface area contributed by atoms with E-state index in [1.165, 1.54) is 5.56 Å². The molecule has 0 saturated carbocycles. The summed E-state index contributed by atoms with van der Waals surface area (Å²) in [5.41, 5.74) is 7.20. The van der Waals surface area contributed by atoms with E-state index in [0.29, 0.717) is 0 Å². The van der Waals surface area contributed by atoms with E-state index >= 15 is 0 Å². The molecule has 0 aliphatic carbocycles. The van der Waals surface area contributed by atoms with E-state index < -0.39 is 0 Å². The number of benzene rings is 1. The van der Waals surface area contributed by atoms with E-state index in [1.54, 1.807) is 0 Å². The molecule has 3 N–H and O–H groups in total. The van der Waals surface area contributed by atoms with Crippen LogP contribution in [0.4, 0.5) is 0 Å². The van der Waals surface area contributed by atoms with E-state index in [1.807, 2.05) is 18.2 Å². The van der Waals surface area contributed by atoms with Crippen LogP contribution in [0.25, 0.3) is 0 Å². The maximum atomic E-state index is 9.66. The van der Waals surface area contributed by atoms with E-state index in [4.69, 9.17) is 5.73 Å². The van der Waals surface area contributed by atoms with Crippen LogP contribution in [-0.2, 0) is 6.54 Å². The number of piperidine rings is 1. The molecule has 0 bridgehead atoms. The van der Waals surface area contributed by atoms with Crippen molar-refractivity contribution in [1.29, 1.82) is 0 Å². The Bertz CT molecular complexity index is 307. The highest BCUT2D eigenvalue weighted by molar-refractivity contribution is 5.85. The van der Waals surface area contributed by atoms with Crippen LogP contribution in [-0.4, -0.2) is 28.8 Å². The Morgan fingerprint density at radius 1 is 1.31 bits per heavy atom. The number of aliphatic hydroxyl groups is 1. The van der Waals surface area contributed by atoms with Crippen molar-refractivity contribution >= 4 is 12.4 Å². The summed E-state index contributed by atoms with van der Waals surface area (Å²) in [6.45, 7) is 1.81. The summed E-state index contributed by atoms with van der Waals surface area (Å²) in [5.74, 6) is 0. The van der Waals surface area contributed by atoms with E-state index in [-0.39, 0.29) is 24.7 Å². The molecule has 2 rings (SSSR count). The highest BCUT2D eigenvalue weighted by Crippen LogP contribution is 2.16. The van der Waals surface area contributed by atoms with Gasteiger partial charge in [0.2, 0.25) is 0 Å². The topological polar surface area (TPSA) is 49.5 Å². The Balaban J connectivity index is 0.00000128. The van der Waals surface area contributed by atoms with Crippen molar-refractivity contribution in [2.75, 3.05) is 6.54 Å². The minimum atomic E-state index is -0.373. The molecule has 4 heteroatoms. The number of likely N-dealkylation sites (tertiary alicyclic amines) is 1. The molecule has 2 atom stereocenters. The summed E-state index contributed by atoms with van der Waals surface area (Å²) >= 11 is 0. The summed E-state index contributed by atoms with van der Waals surface area (Å²) < 4.78 is 0. The lowest BCUT2D eigenvalue weighted by Crippen LogP contribution is -2.53. The van der Waals surface area contributed by atoms with Gasteiger partial charge in [-0.05, 0) is 18.4 Å². The number of hydrogen-bond donors (Lipinski definition) is 2. The maximum absolute atomic E-state index is 9.66. The summed E-state index contributed by atoms with van der Waals surface area (Å²) in [4.78, 5) is 2.14. The lowest BCUT2D eigenvalue weighted by molar-refractivity contribution is 0.00963. The lowest BCUT2D eigenvalue weighted by Gasteiger charge is -2.36. The molecule has 1 aromatic rings. The fourth-order valence-electron chi connectivity index (χ4n) is 2.07. The number of hydrogen-bond acceptors (Lipinski definition) is 3. The summed E-state index contributed by atoms with van der Waals surface area (Å²) in [6.07, 6.45) is 1.27. The molecule has 1 aliphatic heterocycles. The molecule has 1 fully saturated rings. The van der Waals surface area contributed by atoms with E-state index in [0.717, 1.165) is 25.9 Å². The molecule has 90 valence electrons. The zero-order valence-corrected chi connectivity index (χ0v) is 10.1. The first-order valence-electron chi connectivity index (χ1n) is 5.49. The predicted molar refractivity (Wildman–Crippen MR) is 67.3 cm³/mol. The van der Waals surface area contributed by atoms with Gasteiger partial charge in [0.15, 0.2) is 0 Å². The van der Waals surface area contributed by atoms with Crippen LogP contribution >= 0.6 is 12.4 Å². The third-order valence-electron chi connectivity index (χ3n) is 2.99.